The Labute approximate surface area is 126 Å². The summed E-state index contributed by atoms with van der Waals surface area (Å²) in [4.78, 5) is 0. The minimum Gasteiger partial charge on any atom is -0.495 e. The highest BCUT2D eigenvalue weighted by atomic mass is 79.9. The molecule has 5 heteroatoms. The zero-order valence-electron chi connectivity index (χ0n) is 10.3. The summed E-state index contributed by atoms with van der Waals surface area (Å²) in [7, 11) is 1.63. The van der Waals surface area contributed by atoms with Crippen LogP contribution >= 0.6 is 39.1 Å². The molecule has 0 aromatic heterocycles. The van der Waals surface area contributed by atoms with Crippen LogP contribution in [-0.4, -0.2) is 19.8 Å². The van der Waals surface area contributed by atoms with Crippen molar-refractivity contribution in [1.82, 2.24) is 0 Å². The van der Waals surface area contributed by atoms with Crippen molar-refractivity contribution in [3.8, 4) is 5.75 Å². The standard InChI is InChI=1S/C13H15BrCl2O2/c1-7-3-8(6-18-7)12(16)10-4-9(15)5-11(14)13(10)17-2/h4-5,7-8,12H,3,6H2,1-2H3. The van der Waals surface area contributed by atoms with Crippen LogP contribution in [0.15, 0.2) is 16.6 Å². The molecule has 1 aliphatic rings. The molecule has 1 aromatic carbocycles. The topological polar surface area (TPSA) is 18.5 Å². The number of halogens is 3. The Morgan fingerprint density at radius 3 is 2.78 bits per heavy atom. The van der Waals surface area contributed by atoms with Gasteiger partial charge in [0.2, 0.25) is 0 Å². The number of alkyl halides is 1. The summed E-state index contributed by atoms with van der Waals surface area (Å²) in [6.45, 7) is 2.75. The zero-order valence-corrected chi connectivity index (χ0v) is 13.3. The minimum absolute atomic E-state index is 0.153. The molecule has 3 atom stereocenters. The van der Waals surface area contributed by atoms with Gasteiger partial charge in [-0.25, -0.2) is 0 Å². The van der Waals surface area contributed by atoms with Crippen LogP contribution in [0.3, 0.4) is 0 Å². The summed E-state index contributed by atoms with van der Waals surface area (Å²) >= 11 is 16.1. The highest BCUT2D eigenvalue weighted by Crippen LogP contribution is 2.44. The number of hydrogen-bond donors (Lipinski definition) is 0. The lowest BCUT2D eigenvalue weighted by Gasteiger charge is -2.20. The number of methoxy groups -OCH3 is 1. The molecule has 1 heterocycles. The van der Waals surface area contributed by atoms with Crippen molar-refractivity contribution in [3.05, 3.63) is 27.2 Å². The van der Waals surface area contributed by atoms with E-state index in [2.05, 4.69) is 22.9 Å². The van der Waals surface area contributed by atoms with E-state index in [0.717, 1.165) is 22.2 Å². The van der Waals surface area contributed by atoms with Crippen LogP contribution in [0.2, 0.25) is 5.02 Å². The fourth-order valence-electron chi connectivity index (χ4n) is 2.31. The molecule has 0 saturated carbocycles. The van der Waals surface area contributed by atoms with Gasteiger partial charge < -0.3 is 9.47 Å². The normalized spacial score (nSPS) is 25.2. The third-order valence-electron chi connectivity index (χ3n) is 3.18. The maximum Gasteiger partial charge on any atom is 0.137 e. The lowest BCUT2D eigenvalue weighted by molar-refractivity contribution is 0.119. The summed E-state index contributed by atoms with van der Waals surface area (Å²) < 4.78 is 11.8. The predicted octanol–water partition coefficient (Wildman–Crippen LogP) is 4.82. The van der Waals surface area contributed by atoms with Crippen LogP contribution in [0.1, 0.15) is 24.3 Å². The lowest BCUT2D eigenvalue weighted by Crippen LogP contribution is -2.09. The largest absolute Gasteiger partial charge is 0.495 e. The molecule has 0 N–H and O–H groups in total. The summed E-state index contributed by atoms with van der Waals surface area (Å²) in [5.74, 6) is 1.04. The molecule has 18 heavy (non-hydrogen) atoms. The first kappa shape index (κ1) is 14.4. The third kappa shape index (κ3) is 2.96. The zero-order chi connectivity index (χ0) is 13.3. The fourth-order valence-corrected chi connectivity index (χ4v) is 3.64. The summed E-state index contributed by atoms with van der Waals surface area (Å²) in [5, 5.41) is 0.496. The molecule has 100 valence electrons. The Kier molecular flexibility index (Phi) is 4.81. The van der Waals surface area contributed by atoms with Crippen molar-refractivity contribution in [3.63, 3.8) is 0 Å². The molecule has 2 rings (SSSR count). The number of rotatable bonds is 3. The van der Waals surface area contributed by atoms with Crippen LogP contribution in [0.4, 0.5) is 0 Å². The minimum atomic E-state index is -0.153. The highest BCUT2D eigenvalue weighted by Gasteiger charge is 2.31. The number of ether oxygens (including phenoxy) is 2. The molecule has 1 fully saturated rings. The Bertz CT molecular complexity index is 439. The molecule has 0 amide bonds. The summed E-state index contributed by atoms with van der Waals surface area (Å²) in [5.41, 5.74) is 0.918. The van der Waals surface area contributed by atoms with Crippen molar-refractivity contribution >= 4 is 39.1 Å². The van der Waals surface area contributed by atoms with Gasteiger partial charge in [0, 0.05) is 16.5 Å². The second-order valence-corrected chi connectivity index (χ2v) is 6.31. The van der Waals surface area contributed by atoms with E-state index >= 15 is 0 Å². The van der Waals surface area contributed by atoms with Crippen LogP contribution in [0.5, 0.6) is 5.75 Å². The second kappa shape index (κ2) is 6.00. The third-order valence-corrected chi connectivity index (χ3v) is 4.58. The van der Waals surface area contributed by atoms with E-state index < -0.39 is 0 Å². The van der Waals surface area contributed by atoms with Crippen LogP contribution in [-0.2, 0) is 4.74 Å². The SMILES string of the molecule is COc1c(Br)cc(Cl)cc1C(Cl)C1COC(C)C1. The van der Waals surface area contributed by atoms with Crippen LogP contribution < -0.4 is 4.74 Å². The van der Waals surface area contributed by atoms with E-state index in [1.807, 2.05) is 6.07 Å². The molecule has 0 aliphatic carbocycles. The molecular formula is C13H15BrCl2O2. The Balaban J connectivity index is 2.31. The van der Waals surface area contributed by atoms with E-state index in [4.69, 9.17) is 32.7 Å². The maximum atomic E-state index is 6.57. The molecule has 3 unspecified atom stereocenters. The molecule has 0 spiro atoms. The maximum absolute atomic E-state index is 6.57. The van der Waals surface area contributed by atoms with Crippen LogP contribution in [0.25, 0.3) is 0 Å². The van der Waals surface area contributed by atoms with Gasteiger partial charge in [-0.15, -0.1) is 11.6 Å². The Hall–Kier alpha value is 0.0400. The smallest absolute Gasteiger partial charge is 0.137 e. The van der Waals surface area contributed by atoms with E-state index in [1.54, 1.807) is 13.2 Å². The van der Waals surface area contributed by atoms with Crippen molar-refractivity contribution in [2.75, 3.05) is 13.7 Å². The molecular weight excluding hydrogens is 339 g/mol. The molecule has 1 saturated heterocycles. The molecule has 0 bridgehead atoms. The average Bonchev–Trinajstić information content (AvgIpc) is 2.74. The van der Waals surface area contributed by atoms with Gasteiger partial charge in [0.25, 0.3) is 0 Å². The van der Waals surface area contributed by atoms with E-state index in [-0.39, 0.29) is 11.5 Å². The van der Waals surface area contributed by atoms with Gasteiger partial charge in [-0.05, 0) is 41.4 Å². The van der Waals surface area contributed by atoms with Gasteiger partial charge in [0.15, 0.2) is 0 Å². The van der Waals surface area contributed by atoms with Crippen molar-refractivity contribution in [1.29, 1.82) is 0 Å². The molecule has 2 nitrogen and oxygen atoms in total. The molecule has 1 aliphatic heterocycles. The first-order valence-corrected chi connectivity index (χ1v) is 7.42. The van der Waals surface area contributed by atoms with Gasteiger partial charge >= 0.3 is 0 Å². The first-order chi connectivity index (χ1) is 8.52. The fraction of sp³-hybridized carbons (Fsp3) is 0.538. The number of benzene rings is 1. The second-order valence-electron chi connectivity index (χ2n) is 4.55. The van der Waals surface area contributed by atoms with Gasteiger partial charge in [-0.2, -0.15) is 0 Å². The van der Waals surface area contributed by atoms with Gasteiger partial charge in [-0.1, -0.05) is 11.6 Å². The Morgan fingerprint density at radius 1 is 1.50 bits per heavy atom. The monoisotopic (exact) mass is 352 g/mol. The highest BCUT2D eigenvalue weighted by molar-refractivity contribution is 9.10. The van der Waals surface area contributed by atoms with Gasteiger partial charge in [0.1, 0.15) is 5.75 Å². The quantitative estimate of drug-likeness (QED) is 0.725. The summed E-state index contributed by atoms with van der Waals surface area (Å²) in [6.07, 6.45) is 1.23. The van der Waals surface area contributed by atoms with E-state index in [9.17, 15) is 0 Å². The molecule has 1 aromatic rings. The van der Waals surface area contributed by atoms with Crippen molar-refractivity contribution in [2.24, 2.45) is 5.92 Å². The molecule has 0 radical (unpaired) electrons. The van der Waals surface area contributed by atoms with Gasteiger partial charge in [-0.3, -0.25) is 0 Å². The van der Waals surface area contributed by atoms with Crippen molar-refractivity contribution in [2.45, 2.75) is 24.8 Å². The lowest BCUT2D eigenvalue weighted by atomic mass is 9.95. The van der Waals surface area contributed by atoms with Crippen LogP contribution in [0, 0.1) is 5.92 Å². The predicted molar refractivity (Wildman–Crippen MR) is 77.8 cm³/mol. The number of hydrogen-bond acceptors (Lipinski definition) is 2. The summed E-state index contributed by atoms with van der Waals surface area (Å²) in [6, 6.07) is 3.67. The Morgan fingerprint density at radius 2 is 2.22 bits per heavy atom. The van der Waals surface area contributed by atoms with Crippen molar-refractivity contribution < 1.29 is 9.47 Å². The van der Waals surface area contributed by atoms with E-state index in [1.165, 1.54) is 0 Å². The average molecular weight is 354 g/mol. The first-order valence-electron chi connectivity index (χ1n) is 5.81. The van der Waals surface area contributed by atoms with E-state index in [0.29, 0.717) is 17.5 Å². The van der Waals surface area contributed by atoms with Gasteiger partial charge in [0.05, 0.1) is 29.7 Å².